The molecule has 17 heavy (non-hydrogen) atoms. The van der Waals surface area contributed by atoms with E-state index in [1.165, 1.54) is 7.11 Å². The quantitative estimate of drug-likeness (QED) is 0.725. The van der Waals surface area contributed by atoms with E-state index in [0.717, 1.165) is 25.9 Å². The van der Waals surface area contributed by atoms with Gasteiger partial charge in [0.15, 0.2) is 0 Å². The molecule has 2 N–H and O–H groups in total. The van der Waals surface area contributed by atoms with Gasteiger partial charge >= 0.3 is 5.97 Å². The van der Waals surface area contributed by atoms with Crippen LogP contribution in [0.1, 0.15) is 26.2 Å². The van der Waals surface area contributed by atoms with Crippen LogP contribution in [-0.2, 0) is 14.3 Å². The largest absolute Gasteiger partial charge is 0.467 e. The second-order valence-corrected chi connectivity index (χ2v) is 4.21. The molecule has 0 radical (unpaired) electrons. The number of carbonyl (C=O) groups is 2. The van der Waals surface area contributed by atoms with E-state index < -0.39 is 12.0 Å². The number of hydrogen-bond acceptors (Lipinski definition) is 4. The number of amides is 1. The van der Waals surface area contributed by atoms with Gasteiger partial charge in [-0.05, 0) is 38.8 Å². The molecule has 5 nitrogen and oxygen atoms in total. The zero-order valence-electron chi connectivity index (χ0n) is 10.3. The Bertz CT molecular complexity index is 255. The first-order valence-corrected chi connectivity index (χ1v) is 5.71. The van der Waals surface area contributed by atoms with Crippen molar-refractivity contribution in [2.75, 3.05) is 20.2 Å². The smallest absolute Gasteiger partial charge is 0.328 e. The van der Waals surface area contributed by atoms with Crippen molar-refractivity contribution in [3.8, 4) is 0 Å². The molecule has 0 bridgehead atoms. The van der Waals surface area contributed by atoms with Gasteiger partial charge in [0.2, 0.25) is 5.91 Å². The first-order chi connectivity index (χ1) is 7.63. The number of nitrogens with one attached hydrogen (secondary N) is 2. The fraction of sp³-hybridized carbons (Fsp3) is 0.818. The highest BCUT2D eigenvalue weighted by Gasteiger charge is 2.20. The summed E-state index contributed by atoms with van der Waals surface area (Å²) in [6, 6.07) is -0.556. The van der Waals surface area contributed by atoms with E-state index in [-0.39, 0.29) is 18.3 Å². The fourth-order valence-electron chi connectivity index (χ4n) is 1.88. The van der Waals surface area contributed by atoms with E-state index in [1.54, 1.807) is 6.92 Å². The zero-order chi connectivity index (χ0) is 12.0. The zero-order valence-corrected chi connectivity index (χ0v) is 11.1. The normalized spacial score (nSPS) is 17.8. The number of esters is 1. The minimum atomic E-state index is -0.556. The lowest BCUT2D eigenvalue weighted by molar-refractivity contribution is -0.144. The summed E-state index contributed by atoms with van der Waals surface area (Å²) in [4.78, 5) is 22.7. The molecule has 6 heteroatoms. The Labute approximate surface area is 108 Å². The summed E-state index contributed by atoms with van der Waals surface area (Å²) < 4.78 is 4.54. The number of methoxy groups -OCH3 is 1. The summed E-state index contributed by atoms with van der Waals surface area (Å²) in [5.41, 5.74) is 0. The summed E-state index contributed by atoms with van der Waals surface area (Å²) in [6.45, 7) is 3.58. The second-order valence-electron chi connectivity index (χ2n) is 4.21. The number of piperidine rings is 1. The molecule has 100 valence electrons. The molecular weight excluding hydrogens is 244 g/mol. The Hall–Kier alpha value is -0.810. The summed E-state index contributed by atoms with van der Waals surface area (Å²) in [5.74, 6) is -0.0328. The highest BCUT2D eigenvalue weighted by atomic mass is 35.5. The minimum absolute atomic E-state index is 0. The number of carbonyl (C=O) groups excluding carboxylic acids is 2. The molecular formula is C11H21ClN2O3. The van der Waals surface area contributed by atoms with Crippen LogP contribution < -0.4 is 10.6 Å². The van der Waals surface area contributed by atoms with Gasteiger partial charge in [0.1, 0.15) is 6.04 Å². The van der Waals surface area contributed by atoms with E-state index in [2.05, 4.69) is 15.4 Å². The van der Waals surface area contributed by atoms with Gasteiger partial charge in [0, 0.05) is 6.42 Å². The Balaban J connectivity index is 0.00000256. The van der Waals surface area contributed by atoms with Crippen LogP contribution in [-0.4, -0.2) is 38.1 Å². The van der Waals surface area contributed by atoms with E-state index in [9.17, 15) is 9.59 Å². The van der Waals surface area contributed by atoms with E-state index in [4.69, 9.17) is 0 Å². The fourth-order valence-corrected chi connectivity index (χ4v) is 1.88. The molecule has 1 rings (SSSR count). The Morgan fingerprint density at radius 2 is 2.00 bits per heavy atom. The van der Waals surface area contributed by atoms with E-state index in [0.29, 0.717) is 12.3 Å². The molecule has 0 aliphatic carbocycles. The number of halogens is 1. The first-order valence-electron chi connectivity index (χ1n) is 5.71. The molecule has 0 aromatic heterocycles. The topological polar surface area (TPSA) is 67.4 Å². The third kappa shape index (κ3) is 5.89. The molecule has 0 aromatic rings. The van der Waals surface area contributed by atoms with Crippen LogP contribution in [0.2, 0.25) is 0 Å². The van der Waals surface area contributed by atoms with Gasteiger partial charge in [0.25, 0.3) is 0 Å². The van der Waals surface area contributed by atoms with Crippen LogP contribution in [0.4, 0.5) is 0 Å². The standard InChI is InChI=1S/C11H20N2O3.ClH/c1-8(11(15)16-2)13-10(14)7-9-3-5-12-6-4-9;/h8-9,12H,3-7H2,1-2H3,(H,13,14);1H/t8-;/m0./s1. The maximum absolute atomic E-state index is 11.6. The van der Waals surface area contributed by atoms with Crippen LogP contribution in [0.25, 0.3) is 0 Å². The molecule has 0 unspecified atom stereocenters. The summed E-state index contributed by atoms with van der Waals surface area (Å²) in [5, 5.41) is 5.89. The van der Waals surface area contributed by atoms with Crippen LogP contribution in [0.5, 0.6) is 0 Å². The second kappa shape index (κ2) is 8.31. The maximum atomic E-state index is 11.6. The predicted octanol–water partition coefficient (Wildman–Crippen LogP) is 0.476. The van der Waals surface area contributed by atoms with Crippen molar-refractivity contribution in [3.05, 3.63) is 0 Å². The van der Waals surface area contributed by atoms with E-state index >= 15 is 0 Å². The van der Waals surface area contributed by atoms with Crippen LogP contribution >= 0.6 is 12.4 Å². The SMILES string of the molecule is COC(=O)[C@H](C)NC(=O)CC1CCNCC1.Cl. The molecule has 1 saturated heterocycles. The lowest BCUT2D eigenvalue weighted by atomic mass is 9.94. The molecule has 1 atom stereocenters. The average Bonchev–Trinajstić information content (AvgIpc) is 2.29. The van der Waals surface area contributed by atoms with Crippen molar-refractivity contribution in [2.24, 2.45) is 5.92 Å². The number of ether oxygens (including phenoxy) is 1. The van der Waals surface area contributed by atoms with E-state index in [1.807, 2.05) is 0 Å². The molecule has 1 heterocycles. The van der Waals surface area contributed by atoms with Crippen molar-refractivity contribution in [2.45, 2.75) is 32.2 Å². The van der Waals surface area contributed by atoms with Crippen LogP contribution in [0, 0.1) is 5.92 Å². The predicted molar refractivity (Wildman–Crippen MR) is 67.1 cm³/mol. The van der Waals surface area contributed by atoms with Gasteiger partial charge in [-0.3, -0.25) is 4.79 Å². The summed E-state index contributed by atoms with van der Waals surface area (Å²) >= 11 is 0. The average molecular weight is 265 g/mol. The number of rotatable bonds is 4. The van der Waals surface area contributed by atoms with Gasteiger partial charge < -0.3 is 15.4 Å². The molecule has 1 amide bonds. The lowest BCUT2D eigenvalue weighted by Crippen LogP contribution is -2.40. The number of hydrogen-bond donors (Lipinski definition) is 2. The molecule has 1 aliphatic heterocycles. The summed E-state index contributed by atoms with van der Waals surface area (Å²) in [6.07, 6.45) is 2.56. The molecule has 0 aromatic carbocycles. The van der Waals surface area contributed by atoms with Gasteiger partial charge in [-0.1, -0.05) is 0 Å². The highest BCUT2D eigenvalue weighted by molar-refractivity contribution is 5.85. The third-order valence-corrected chi connectivity index (χ3v) is 2.87. The van der Waals surface area contributed by atoms with Crippen LogP contribution in [0.3, 0.4) is 0 Å². The Kier molecular flexibility index (Phi) is 7.91. The van der Waals surface area contributed by atoms with Crippen molar-refractivity contribution < 1.29 is 14.3 Å². The Morgan fingerprint density at radius 1 is 1.41 bits per heavy atom. The van der Waals surface area contributed by atoms with Crippen molar-refractivity contribution >= 4 is 24.3 Å². The molecule has 0 spiro atoms. The monoisotopic (exact) mass is 264 g/mol. The van der Waals surface area contributed by atoms with Crippen molar-refractivity contribution in [1.29, 1.82) is 0 Å². The van der Waals surface area contributed by atoms with Gasteiger partial charge in [-0.2, -0.15) is 0 Å². The van der Waals surface area contributed by atoms with Gasteiger partial charge in [0.05, 0.1) is 7.11 Å². The molecule has 1 aliphatic rings. The Morgan fingerprint density at radius 3 is 2.53 bits per heavy atom. The van der Waals surface area contributed by atoms with Gasteiger partial charge in [-0.15, -0.1) is 12.4 Å². The van der Waals surface area contributed by atoms with Gasteiger partial charge in [-0.25, -0.2) is 4.79 Å². The molecule has 1 fully saturated rings. The van der Waals surface area contributed by atoms with Crippen LogP contribution in [0.15, 0.2) is 0 Å². The summed E-state index contributed by atoms with van der Waals surface area (Å²) in [7, 11) is 1.32. The lowest BCUT2D eigenvalue weighted by Gasteiger charge is -2.22. The maximum Gasteiger partial charge on any atom is 0.328 e. The highest BCUT2D eigenvalue weighted by Crippen LogP contribution is 2.15. The molecule has 0 saturated carbocycles. The minimum Gasteiger partial charge on any atom is -0.467 e. The third-order valence-electron chi connectivity index (χ3n) is 2.87. The first kappa shape index (κ1) is 16.2. The van der Waals surface area contributed by atoms with Crippen molar-refractivity contribution in [1.82, 2.24) is 10.6 Å². The van der Waals surface area contributed by atoms with Crippen molar-refractivity contribution in [3.63, 3.8) is 0 Å².